The monoisotopic (exact) mass is 299 g/mol. The summed E-state index contributed by atoms with van der Waals surface area (Å²) in [6, 6.07) is 3.40. The molecule has 0 spiro atoms. The highest BCUT2D eigenvalue weighted by atomic mass is 32.2. The Labute approximate surface area is 115 Å². The smallest absolute Gasteiger partial charge is 0.305 e. The Hall–Kier alpha value is -2.13. The second-order valence-electron chi connectivity index (χ2n) is 4.09. The molecule has 1 unspecified atom stereocenters. The summed E-state index contributed by atoms with van der Waals surface area (Å²) in [5.74, 6) is -0.109. The summed E-state index contributed by atoms with van der Waals surface area (Å²) in [6.45, 7) is 0. The molecule has 1 amide bonds. The van der Waals surface area contributed by atoms with E-state index in [1.807, 2.05) is 0 Å². The standard InChI is InChI=1S/C11H13N3O5S/c1-19-9-3-2-7(5-12-9)4-8-6-13-11(14-10(8)15)20(16,17)18/h2-3,5-6,11,13H,4H2,1H3,(H,14,15)(H,16,17,18). The first-order valence-corrected chi connectivity index (χ1v) is 7.11. The summed E-state index contributed by atoms with van der Waals surface area (Å²) in [5, 5.41) is 4.55. The van der Waals surface area contributed by atoms with Gasteiger partial charge < -0.3 is 15.4 Å². The second-order valence-corrected chi connectivity index (χ2v) is 5.59. The molecule has 0 aliphatic carbocycles. The fourth-order valence-corrected chi connectivity index (χ4v) is 2.14. The number of nitrogens with zero attached hydrogens (tertiary/aromatic N) is 1. The number of aromatic nitrogens is 1. The molecule has 20 heavy (non-hydrogen) atoms. The first-order chi connectivity index (χ1) is 9.40. The Bertz CT molecular complexity index is 639. The van der Waals surface area contributed by atoms with Crippen LogP contribution >= 0.6 is 0 Å². The average molecular weight is 299 g/mol. The van der Waals surface area contributed by atoms with Crippen molar-refractivity contribution in [2.45, 2.75) is 11.9 Å². The molecule has 0 radical (unpaired) electrons. The highest BCUT2D eigenvalue weighted by molar-refractivity contribution is 7.86. The predicted molar refractivity (Wildman–Crippen MR) is 69.2 cm³/mol. The number of amides is 1. The molecule has 1 aromatic heterocycles. The molecular weight excluding hydrogens is 286 g/mol. The lowest BCUT2D eigenvalue weighted by molar-refractivity contribution is -0.118. The first-order valence-electron chi connectivity index (χ1n) is 5.61. The lowest BCUT2D eigenvalue weighted by Crippen LogP contribution is -2.52. The zero-order chi connectivity index (χ0) is 14.8. The molecule has 9 heteroatoms. The molecule has 8 nitrogen and oxygen atoms in total. The molecule has 0 bridgehead atoms. The molecule has 0 saturated carbocycles. The zero-order valence-electron chi connectivity index (χ0n) is 10.5. The summed E-state index contributed by atoms with van der Waals surface area (Å²) in [4.78, 5) is 15.7. The quantitative estimate of drug-likeness (QED) is 0.636. The molecule has 0 saturated heterocycles. The van der Waals surface area contributed by atoms with E-state index in [1.165, 1.54) is 13.3 Å². The number of hydrogen-bond acceptors (Lipinski definition) is 6. The van der Waals surface area contributed by atoms with Crippen LogP contribution in [0.1, 0.15) is 5.56 Å². The Morgan fingerprint density at radius 1 is 1.45 bits per heavy atom. The van der Waals surface area contributed by atoms with Gasteiger partial charge in [-0.25, -0.2) is 4.98 Å². The van der Waals surface area contributed by atoms with Crippen molar-refractivity contribution in [3.05, 3.63) is 35.7 Å². The van der Waals surface area contributed by atoms with E-state index in [4.69, 9.17) is 9.29 Å². The minimum absolute atomic E-state index is 0.272. The second kappa shape index (κ2) is 5.47. The number of carbonyl (C=O) groups is 1. The zero-order valence-corrected chi connectivity index (χ0v) is 11.3. The average Bonchev–Trinajstić information content (AvgIpc) is 2.41. The third-order valence-electron chi connectivity index (χ3n) is 2.66. The van der Waals surface area contributed by atoms with Gasteiger partial charge in [0, 0.05) is 30.5 Å². The van der Waals surface area contributed by atoms with Crippen LogP contribution in [0, 0.1) is 0 Å². The summed E-state index contributed by atoms with van der Waals surface area (Å²) in [7, 11) is -2.88. The fraction of sp³-hybridized carbons (Fsp3) is 0.273. The van der Waals surface area contributed by atoms with Crippen molar-refractivity contribution in [1.82, 2.24) is 15.6 Å². The first kappa shape index (κ1) is 14.3. The van der Waals surface area contributed by atoms with Gasteiger partial charge in [-0.1, -0.05) is 6.07 Å². The van der Waals surface area contributed by atoms with Crippen LogP contribution in [0.5, 0.6) is 5.88 Å². The number of methoxy groups -OCH3 is 1. The largest absolute Gasteiger partial charge is 0.481 e. The van der Waals surface area contributed by atoms with Gasteiger partial charge >= 0.3 is 10.1 Å². The van der Waals surface area contributed by atoms with E-state index in [0.717, 1.165) is 5.56 Å². The van der Waals surface area contributed by atoms with Gasteiger partial charge in [0.15, 0.2) is 0 Å². The van der Waals surface area contributed by atoms with Crippen molar-refractivity contribution in [2.75, 3.05) is 7.11 Å². The van der Waals surface area contributed by atoms with Crippen LogP contribution < -0.4 is 15.4 Å². The van der Waals surface area contributed by atoms with Gasteiger partial charge in [0.25, 0.3) is 5.91 Å². The number of hydrogen-bond donors (Lipinski definition) is 3. The van der Waals surface area contributed by atoms with E-state index >= 15 is 0 Å². The van der Waals surface area contributed by atoms with Crippen molar-refractivity contribution >= 4 is 16.0 Å². The van der Waals surface area contributed by atoms with Crippen molar-refractivity contribution in [2.24, 2.45) is 0 Å². The van der Waals surface area contributed by atoms with Crippen LogP contribution in [0.3, 0.4) is 0 Å². The Kier molecular flexibility index (Phi) is 3.91. The fourth-order valence-electron chi connectivity index (χ4n) is 1.64. The third-order valence-corrected chi connectivity index (χ3v) is 3.51. The highest BCUT2D eigenvalue weighted by Crippen LogP contribution is 2.13. The third kappa shape index (κ3) is 3.25. The molecule has 0 fully saturated rings. The van der Waals surface area contributed by atoms with Gasteiger partial charge in [-0.15, -0.1) is 0 Å². The van der Waals surface area contributed by atoms with Crippen LogP contribution in [0.15, 0.2) is 30.1 Å². The number of ether oxygens (including phenoxy) is 1. The highest BCUT2D eigenvalue weighted by Gasteiger charge is 2.28. The minimum atomic E-state index is -4.38. The Morgan fingerprint density at radius 3 is 2.70 bits per heavy atom. The van der Waals surface area contributed by atoms with Crippen LogP contribution in [0.25, 0.3) is 0 Å². The normalized spacial score (nSPS) is 18.8. The van der Waals surface area contributed by atoms with Crippen molar-refractivity contribution in [3.63, 3.8) is 0 Å². The molecular formula is C11H13N3O5S. The van der Waals surface area contributed by atoms with Crippen LogP contribution in [-0.4, -0.2) is 36.5 Å². The van der Waals surface area contributed by atoms with E-state index in [-0.39, 0.29) is 6.42 Å². The predicted octanol–water partition coefficient (Wildman–Crippen LogP) is -0.593. The summed E-state index contributed by atoms with van der Waals surface area (Å²) >= 11 is 0. The SMILES string of the molecule is COc1ccc(CC2=CNC(S(=O)(=O)O)NC2=O)cn1. The van der Waals surface area contributed by atoms with Crippen LogP contribution in [0.2, 0.25) is 0 Å². The van der Waals surface area contributed by atoms with Crippen LogP contribution in [-0.2, 0) is 21.3 Å². The lowest BCUT2D eigenvalue weighted by Gasteiger charge is -2.22. The van der Waals surface area contributed by atoms with E-state index in [0.29, 0.717) is 11.5 Å². The Balaban J connectivity index is 2.10. The summed E-state index contributed by atoms with van der Waals surface area (Å²) in [5.41, 5.74) is -0.427. The molecule has 108 valence electrons. The topological polar surface area (TPSA) is 118 Å². The molecule has 1 aromatic rings. The number of carbonyl (C=O) groups excluding carboxylic acids is 1. The van der Waals surface area contributed by atoms with Gasteiger partial charge in [-0.2, -0.15) is 8.42 Å². The molecule has 1 aliphatic rings. The van der Waals surface area contributed by atoms with Gasteiger partial charge in [-0.3, -0.25) is 9.35 Å². The minimum Gasteiger partial charge on any atom is -0.481 e. The summed E-state index contributed by atoms with van der Waals surface area (Å²) in [6.07, 6.45) is 3.09. The van der Waals surface area contributed by atoms with E-state index < -0.39 is 21.5 Å². The molecule has 2 heterocycles. The van der Waals surface area contributed by atoms with Crippen molar-refractivity contribution in [1.29, 1.82) is 0 Å². The van der Waals surface area contributed by atoms with Crippen molar-refractivity contribution in [3.8, 4) is 5.88 Å². The van der Waals surface area contributed by atoms with Crippen molar-refractivity contribution < 1.29 is 22.5 Å². The van der Waals surface area contributed by atoms with E-state index in [2.05, 4.69) is 15.6 Å². The van der Waals surface area contributed by atoms with Gasteiger partial charge in [0.05, 0.1) is 7.11 Å². The maximum atomic E-state index is 11.7. The number of rotatable bonds is 4. The maximum Gasteiger partial charge on any atom is 0.305 e. The van der Waals surface area contributed by atoms with Crippen LogP contribution in [0.4, 0.5) is 0 Å². The molecule has 1 atom stereocenters. The molecule has 1 aliphatic heterocycles. The van der Waals surface area contributed by atoms with E-state index in [1.54, 1.807) is 18.3 Å². The molecule has 0 aromatic carbocycles. The van der Waals surface area contributed by atoms with Gasteiger partial charge in [0.1, 0.15) is 0 Å². The molecule has 3 N–H and O–H groups in total. The number of nitrogens with one attached hydrogen (secondary N) is 2. The maximum absolute atomic E-state index is 11.7. The number of pyridine rings is 1. The Morgan fingerprint density at radius 2 is 2.20 bits per heavy atom. The van der Waals surface area contributed by atoms with E-state index in [9.17, 15) is 13.2 Å². The van der Waals surface area contributed by atoms with Gasteiger partial charge in [0.2, 0.25) is 11.4 Å². The van der Waals surface area contributed by atoms with Gasteiger partial charge in [-0.05, 0) is 5.56 Å². The summed E-state index contributed by atoms with van der Waals surface area (Å²) < 4.78 is 35.5. The lowest BCUT2D eigenvalue weighted by atomic mass is 10.1. The molecule has 2 rings (SSSR count).